The lowest BCUT2D eigenvalue weighted by molar-refractivity contribution is -0.320. The molecule has 84 valence electrons. The molecule has 0 spiro atoms. The summed E-state index contributed by atoms with van der Waals surface area (Å²) >= 11 is 0. The van der Waals surface area contributed by atoms with Gasteiger partial charge in [0, 0.05) is 0 Å². The third-order valence-electron chi connectivity index (χ3n) is 2.07. The van der Waals surface area contributed by atoms with E-state index in [2.05, 4.69) is 0 Å². The molecule has 0 radical (unpaired) electrons. The van der Waals surface area contributed by atoms with Crippen molar-refractivity contribution in [3.63, 3.8) is 0 Å². The van der Waals surface area contributed by atoms with Gasteiger partial charge in [-0.2, -0.15) is 5.26 Å². The van der Waals surface area contributed by atoms with Gasteiger partial charge in [0.05, 0.1) is 18.5 Å². The lowest BCUT2D eigenvalue weighted by Crippen LogP contribution is -2.47. The highest BCUT2D eigenvalue weighted by Gasteiger charge is 2.21. The molecular weight excluding hydrogens is 206 g/mol. The number of nitrogens with zero attached hydrogens (tertiary/aromatic N) is 1. The van der Waals surface area contributed by atoms with Gasteiger partial charge in [-0.25, -0.2) is 0 Å². The number of hydrogen-bond acceptors (Lipinski definition) is 4. The molecular formula is C12H12NO3-. The molecule has 0 aliphatic rings. The Morgan fingerprint density at radius 3 is 2.44 bits per heavy atom. The van der Waals surface area contributed by atoms with Crippen molar-refractivity contribution in [3.8, 4) is 11.8 Å². The molecule has 0 atom stereocenters. The van der Waals surface area contributed by atoms with Gasteiger partial charge >= 0.3 is 0 Å². The Hall–Kier alpha value is -2.02. The van der Waals surface area contributed by atoms with Crippen molar-refractivity contribution in [1.82, 2.24) is 0 Å². The van der Waals surface area contributed by atoms with Crippen molar-refractivity contribution < 1.29 is 14.6 Å². The first-order chi connectivity index (χ1) is 7.45. The summed E-state index contributed by atoms with van der Waals surface area (Å²) in [6.45, 7) is 2.84. The van der Waals surface area contributed by atoms with Gasteiger partial charge in [-0.05, 0) is 31.5 Å². The fraction of sp³-hybridized carbons (Fsp3) is 0.333. The van der Waals surface area contributed by atoms with Gasteiger partial charge in [0.15, 0.2) is 0 Å². The summed E-state index contributed by atoms with van der Waals surface area (Å²) in [5.41, 5.74) is -0.502. The highest BCUT2D eigenvalue weighted by molar-refractivity contribution is 5.74. The maximum atomic E-state index is 10.7. The van der Waals surface area contributed by atoms with E-state index in [1.54, 1.807) is 24.3 Å². The SMILES string of the molecule is CC(C)(Oc1ccc(CC#N)cc1)C(=O)[O-]. The zero-order valence-electron chi connectivity index (χ0n) is 9.19. The van der Waals surface area contributed by atoms with E-state index in [4.69, 9.17) is 10.00 Å². The third-order valence-corrected chi connectivity index (χ3v) is 2.07. The minimum Gasteiger partial charge on any atom is -0.546 e. The molecule has 0 bridgehead atoms. The molecule has 0 aliphatic heterocycles. The Morgan fingerprint density at radius 1 is 1.44 bits per heavy atom. The maximum absolute atomic E-state index is 10.7. The van der Waals surface area contributed by atoms with Crippen molar-refractivity contribution in [3.05, 3.63) is 29.8 Å². The molecule has 1 aromatic carbocycles. The number of rotatable bonds is 4. The van der Waals surface area contributed by atoms with E-state index >= 15 is 0 Å². The van der Waals surface area contributed by atoms with Crippen LogP contribution in [0.25, 0.3) is 0 Å². The fourth-order valence-corrected chi connectivity index (χ4v) is 1.10. The first kappa shape index (κ1) is 12.1. The molecule has 0 aliphatic carbocycles. The average Bonchev–Trinajstić information content (AvgIpc) is 2.21. The summed E-state index contributed by atoms with van der Waals surface area (Å²) in [5.74, 6) is -0.829. The average molecular weight is 218 g/mol. The smallest absolute Gasteiger partial charge is 0.143 e. The molecule has 0 aromatic heterocycles. The Bertz CT molecular complexity index is 415. The molecule has 0 amide bonds. The van der Waals surface area contributed by atoms with Crippen LogP contribution in [0.2, 0.25) is 0 Å². The van der Waals surface area contributed by atoms with Crippen LogP contribution in [0.3, 0.4) is 0 Å². The standard InChI is InChI=1S/C12H13NO3/c1-12(2,11(14)15)16-10-5-3-9(4-6-10)7-8-13/h3-6H,7H2,1-2H3,(H,14,15)/p-1. The van der Waals surface area contributed by atoms with E-state index in [1.165, 1.54) is 13.8 Å². The quantitative estimate of drug-likeness (QED) is 0.744. The number of hydrogen-bond donors (Lipinski definition) is 0. The molecule has 0 N–H and O–H groups in total. The van der Waals surface area contributed by atoms with Gasteiger partial charge in [-0.15, -0.1) is 0 Å². The molecule has 4 heteroatoms. The number of carbonyl (C=O) groups is 1. The molecule has 16 heavy (non-hydrogen) atoms. The van der Waals surface area contributed by atoms with Gasteiger partial charge in [0.25, 0.3) is 0 Å². The lowest BCUT2D eigenvalue weighted by Gasteiger charge is -2.27. The molecule has 0 saturated heterocycles. The summed E-state index contributed by atoms with van der Waals surface area (Å²) in [7, 11) is 0. The monoisotopic (exact) mass is 218 g/mol. The summed E-state index contributed by atoms with van der Waals surface area (Å²) in [4.78, 5) is 10.7. The van der Waals surface area contributed by atoms with Crippen LogP contribution in [0.1, 0.15) is 19.4 Å². The normalized spacial score (nSPS) is 10.6. The number of carboxylic acid groups (broad SMARTS) is 1. The predicted molar refractivity (Wildman–Crippen MR) is 55.5 cm³/mol. The van der Waals surface area contributed by atoms with Crippen LogP contribution in [-0.2, 0) is 11.2 Å². The minimum atomic E-state index is -1.36. The second kappa shape index (κ2) is 4.67. The summed E-state index contributed by atoms with van der Waals surface area (Å²) < 4.78 is 5.25. The van der Waals surface area contributed by atoms with Gasteiger partial charge in [0.2, 0.25) is 0 Å². The topological polar surface area (TPSA) is 73.1 Å². The van der Waals surface area contributed by atoms with Crippen LogP contribution in [0.5, 0.6) is 5.75 Å². The third kappa shape index (κ3) is 2.99. The van der Waals surface area contributed by atoms with E-state index in [0.717, 1.165) is 5.56 Å². The first-order valence-corrected chi connectivity index (χ1v) is 4.82. The van der Waals surface area contributed by atoms with E-state index < -0.39 is 11.6 Å². The van der Waals surface area contributed by atoms with Crippen molar-refractivity contribution >= 4 is 5.97 Å². The van der Waals surface area contributed by atoms with Crippen LogP contribution in [0, 0.1) is 11.3 Å². The first-order valence-electron chi connectivity index (χ1n) is 4.82. The highest BCUT2D eigenvalue weighted by atomic mass is 16.5. The molecule has 0 saturated carbocycles. The van der Waals surface area contributed by atoms with E-state index in [0.29, 0.717) is 12.2 Å². The van der Waals surface area contributed by atoms with Crippen molar-refractivity contribution in [2.75, 3.05) is 0 Å². The number of carboxylic acids is 1. The predicted octanol–water partition coefficient (Wildman–Crippen LogP) is 0.660. The number of benzene rings is 1. The highest BCUT2D eigenvalue weighted by Crippen LogP contribution is 2.18. The van der Waals surface area contributed by atoms with Crippen LogP contribution < -0.4 is 9.84 Å². The maximum Gasteiger partial charge on any atom is 0.143 e. The molecule has 0 heterocycles. The largest absolute Gasteiger partial charge is 0.546 e. The molecule has 1 rings (SSSR count). The van der Waals surface area contributed by atoms with Gasteiger partial charge in [0.1, 0.15) is 11.4 Å². The van der Waals surface area contributed by atoms with Gasteiger partial charge in [-0.3, -0.25) is 0 Å². The van der Waals surface area contributed by atoms with Gasteiger partial charge < -0.3 is 14.6 Å². The van der Waals surface area contributed by atoms with E-state index in [9.17, 15) is 9.90 Å². The van der Waals surface area contributed by atoms with Crippen LogP contribution >= 0.6 is 0 Å². The number of carbonyl (C=O) groups excluding carboxylic acids is 1. The van der Waals surface area contributed by atoms with E-state index in [-0.39, 0.29) is 0 Å². The van der Waals surface area contributed by atoms with Crippen LogP contribution in [-0.4, -0.2) is 11.6 Å². The molecule has 0 fully saturated rings. The zero-order valence-corrected chi connectivity index (χ0v) is 9.19. The second-order valence-electron chi connectivity index (χ2n) is 3.88. The Balaban J connectivity index is 2.77. The summed E-state index contributed by atoms with van der Waals surface area (Å²) in [6, 6.07) is 8.75. The van der Waals surface area contributed by atoms with Crippen LogP contribution in [0.15, 0.2) is 24.3 Å². The summed E-state index contributed by atoms with van der Waals surface area (Å²) in [5, 5.41) is 19.2. The Morgan fingerprint density at radius 2 is 2.00 bits per heavy atom. The minimum absolute atomic E-state index is 0.324. The Kier molecular flexibility index (Phi) is 3.51. The molecule has 1 aromatic rings. The van der Waals surface area contributed by atoms with Crippen molar-refractivity contribution in [1.29, 1.82) is 5.26 Å². The number of nitriles is 1. The van der Waals surface area contributed by atoms with Crippen LogP contribution in [0.4, 0.5) is 0 Å². The molecule has 0 unspecified atom stereocenters. The second-order valence-corrected chi connectivity index (χ2v) is 3.88. The summed E-state index contributed by atoms with van der Waals surface area (Å²) in [6.07, 6.45) is 0.324. The Labute approximate surface area is 94.1 Å². The molecule has 4 nitrogen and oxygen atoms in total. The lowest BCUT2D eigenvalue weighted by atomic mass is 10.1. The number of aliphatic carboxylic acids is 1. The number of ether oxygens (including phenoxy) is 1. The van der Waals surface area contributed by atoms with Crippen molar-refractivity contribution in [2.45, 2.75) is 25.9 Å². The van der Waals surface area contributed by atoms with Crippen molar-refractivity contribution in [2.24, 2.45) is 0 Å². The fourth-order valence-electron chi connectivity index (χ4n) is 1.10. The van der Waals surface area contributed by atoms with Gasteiger partial charge in [-0.1, -0.05) is 12.1 Å². The zero-order chi connectivity index (χ0) is 12.2. The van der Waals surface area contributed by atoms with E-state index in [1.807, 2.05) is 6.07 Å².